The van der Waals surface area contributed by atoms with Crippen LogP contribution in [0.4, 0.5) is 0 Å². The number of nitrogens with one attached hydrogen (secondary N) is 1. The van der Waals surface area contributed by atoms with Gasteiger partial charge in [0.15, 0.2) is 33.8 Å². The van der Waals surface area contributed by atoms with Crippen LogP contribution >= 0.6 is 12.2 Å². The van der Waals surface area contributed by atoms with Crippen molar-refractivity contribution < 1.29 is 23.7 Å². The molecule has 0 unspecified atom stereocenters. The van der Waals surface area contributed by atoms with E-state index in [9.17, 15) is 4.79 Å². The Hall–Kier alpha value is -3.20. The summed E-state index contributed by atoms with van der Waals surface area (Å²) in [6.07, 6.45) is 0.661. The Balaban J connectivity index is 1.72. The molecule has 2 aromatic rings. The number of hydrogen-bond donors (Lipinski definition) is 1. The fourth-order valence-electron chi connectivity index (χ4n) is 4.96. The first kappa shape index (κ1) is 24.9. The van der Waals surface area contributed by atoms with Crippen LogP contribution in [-0.2, 0) is 11.2 Å². The van der Waals surface area contributed by atoms with E-state index in [-0.39, 0.29) is 11.9 Å². The number of nitrogens with zero attached hydrogens (tertiary/aromatic N) is 2. The highest BCUT2D eigenvalue weighted by Crippen LogP contribution is 2.51. The molecule has 2 bridgehead atoms. The maximum absolute atomic E-state index is 13.5. The van der Waals surface area contributed by atoms with Crippen LogP contribution in [0.2, 0.25) is 0 Å². The average Bonchev–Trinajstić information content (AvgIpc) is 2.83. The monoisotopic (exact) mass is 499 g/mol. The van der Waals surface area contributed by atoms with Crippen molar-refractivity contribution in [3.05, 3.63) is 47.5 Å². The van der Waals surface area contributed by atoms with Gasteiger partial charge in [0.1, 0.15) is 5.92 Å². The predicted molar refractivity (Wildman–Crippen MR) is 137 cm³/mol. The number of amides is 1. The smallest absolute Gasteiger partial charge is 0.233 e. The Morgan fingerprint density at radius 3 is 2.57 bits per heavy atom. The minimum absolute atomic E-state index is 0.0314. The number of benzene rings is 2. The van der Waals surface area contributed by atoms with Crippen LogP contribution in [0.5, 0.6) is 23.0 Å². The van der Waals surface area contributed by atoms with Crippen LogP contribution in [0.15, 0.2) is 36.4 Å². The van der Waals surface area contributed by atoms with Crippen molar-refractivity contribution in [1.29, 1.82) is 0 Å². The Morgan fingerprint density at radius 2 is 1.91 bits per heavy atom. The lowest BCUT2D eigenvalue weighted by molar-refractivity contribution is -0.161. The molecule has 35 heavy (non-hydrogen) atoms. The van der Waals surface area contributed by atoms with Crippen molar-refractivity contribution in [2.75, 3.05) is 41.5 Å². The van der Waals surface area contributed by atoms with E-state index in [1.54, 1.807) is 33.2 Å². The highest BCUT2D eigenvalue weighted by molar-refractivity contribution is 7.80. The number of hydrogen-bond acceptors (Lipinski definition) is 6. The van der Waals surface area contributed by atoms with Gasteiger partial charge in [-0.25, -0.2) is 0 Å². The number of fused-ring (bicyclic) bond motifs is 4. The third-order valence-electron chi connectivity index (χ3n) is 6.70. The van der Waals surface area contributed by atoms with Gasteiger partial charge < -0.3 is 34.1 Å². The van der Waals surface area contributed by atoms with E-state index in [4.69, 9.17) is 31.2 Å². The molecule has 3 atom stereocenters. The third kappa shape index (κ3) is 4.33. The van der Waals surface area contributed by atoms with Crippen LogP contribution in [-0.4, -0.2) is 68.0 Å². The zero-order valence-electron chi connectivity index (χ0n) is 21.1. The molecular formula is C26H33N3O5S. The summed E-state index contributed by atoms with van der Waals surface area (Å²) in [5, 5.41) is 3.99. The first-order chi connectivity index (χ1) is 16.7. The standard InChI is InChI=1S/C26H33N3O5S/c1-7-33-19-10-8-9-17-22-21(24(30)28(3)4)26(2,34-23(17)19)29(25(35)27-22)14-13-16-11-12-18(31-5)20(15-16)32-6/h8-12,15,21-22H,7,13-14H2,1-6H3,(H,27,35)/t21-,22+,26+/m1/s1. The second-order valence-corrected chi connectivity index (χ2v) is 9.38. The molecule has 1 N–H and O–H groups in total. The Bertz CT molecular complexity index is 1120. The number of para-hydroxylation sites is 1. The molecule has 2 heterocycles. The lowest BCUT2D eigenvalue weighted by Crippen LogP contribution is -2.72. The summed E-state index contributed by atoms with van der Waals surface area (Å²) in [5.41, 5.74) is 0.916. The molecule has 0 radical (unpaired) electrons. The molecule has 4 rings (SSSR count). The molecule has 2 aliphatic rings. The lowest BCUT2D eigenvalue weighted by atomic mass is 9.78. The minimum atomic E-state index is -1.01. The zero-order chi connectivity index (χ0) is 25.3. The van der Waals surface area contributed by atoms with Crippen molar-refractivity contribution in [2.24, 2.45) is 5.92 Å². The number of thiocarbonyl (C=S) groups is 1. The molecule has 188 valence electrons. The third-order valence-corrected chi connectivity index (χ3v) is 7.04. The quantitative estimate of drug-likeness (QED) is 0.555. The maximum Gasteiger partial charge on any atom is 0.233 e. The summed E-state index contributed by atoms with van der Waals surface area (Å²) in [7, 11) is 6.76. The van der Waals surface area contributed by atoms with Gasteiger partial charge >= 0.3 is 0 Å². The van der Waals surface area contributed by atoms with Gasteiger partial charge in [-0.2, -0.15) is 0 Å². The molecule has 9 heteroatoms. The average molecular weight is 500 g/mol. The molecular weight excluding hydrogens is 466 g/mol. The molecule has 8 nitrogen and oxygen atoms in total. The first-order valence-electron chi connectivity index (χ1n) is 11.7. The fourth-order valence-corrected chi connectivity index (χ4v) is 5.36. The highest BCUT2D eigenvalue weighted by atomic mass is 32.1. The van der Waals surface area contributed by atoms with Crippen molar-refractivity contribution >= 4 is 23.2 Å². The first-order valence-corrected chi connectivity index (χ1v) is 12.1. The number of carbonyl (C=O) groups is 1. The molecule has 2 aromatic carbocycles. The molecule has 1 amide bonds. The Kier molecular flexibility index (Phi) is 6.98. The fraction of sp³-hybridized carbons (Fsp3) is 0.462. The summed E-state index contributed by atoms with van der Waals surface area (Å²) in [5.74, 6) is 2.10. The molecule has 0 saturated carbocycles. The topological polar surface area (TPSA) is 72.5 Å². The van der Waals surface area contributed by atoms with Crippen LogP contribution < -0.4 is 24.3 Å². The van der Waals surface area contributed by atoms with Crippen LogP contribution in [0.1, 0.15) is 31.0 Å². The van der Waals surface area contributed by atoms with Crippen molar-refractivity contribution in [3.63, 3.8) is 0 Å². The van der Waals surface area contributed by atoms with Gasteiger partial charge in [-0.3, -0.25) is 4.79 Å². The number of carbonyl (C=O) groups excluding carboxylic acids is 1. The van der Waals surface area contributed by atoms with E-state index in [1.165, 1.54) is 0 Å². The Morgan fingerprint density at radius 1 is 1.17 bits per heavy atom. The number of rotatable bonds is 8. The summed E-state index contributed by atoms with van der Waals surface area (Å²) in [6.45, 7) is 4.93. The van der Waals surface area contributed by atoms with Crippen LogP contribution in [0, 0.1) is 5.92 Å². The largest absolute Gasteiger partial charge is 0.493 e. The summed E-state index contributed by atoms with van der Waals surface area (Å²) < 4.78 is 23.4. The molecule has 0 aliphatic carbocycles. The van der Waals surface area contributed by atoms with Crippen LogP contribution in [0.25, 0.3) is 0 Å². The van der Waals surface area contributed by atoms with Gasteiger partial charge in [0.2, 0.25) is 5.91 Å². The van der Waals surface area contributed by atoms with E-state index >= 15 is 0 Å². The van der Waals surface area contributed by atoms with E-state index < -0.39 is 11.6 Å². The van der Waals surface area contributed by atoms with E-state index in [0.29, 0.717) is 47.7 Å². The van der Waals surface area contributed by atoms with E-state index in [1.807, 2.05) is 55.1 Å². The molecule has 0 aromatic heterocycles. The van der Waals surface area contributed by atoms with E-state index in [2.05, 4.69) is 5.32 Å². The lowest BCUT2D eigenvalue weighted by Gasteiger charge is -2.56. The molecule has 0 spiro atoms. The molecule has 1 saturated heterocycles. The van der Waals surface area contributed by atoms with Gasteiger partial charge in [0, 0.05) is 26.2 Å². The van der Waals surface area contributed by atoms with Crippen molar-refractivity contribution in [3.8, 4) is 23.0 Å². The highest BCUT2D eigenvalue weighted by Gasteiger charge is 2.59. The van der Waals surface area contributed by atoms with Crippen molar-refractivity contribution in [2.45, 2.75) is 32.0 Å². The van der Waals surface area contributed by atoms with Gasteiger partial charge in [-0.15, -0.1) is 0 Å². The summed E-state index contributed by atoms with van der Waals surface area (Å²) >= 11 is 5.81. The second kappa shape index (κ2) is 9.81. The van der Waals surface area contributed by atoms with Gasteiger partial charge in [0.05, 0.1) is 26.9 Å². The zero-order valence-corrected chi connectivity index (χ0v) is 21.9. The number of ether oxygens (including phenoxy) is 4. The van der Waals surface area contributed by atoms with E-state index in [0.717, 1.165) is 11.1 Å². The number of methoxy groups -OCH3 is 2. The molecule has 2 aliphatic heterocycles. The predicted octanol–water partition coefficient (Wildman–Crippen LogP) is 3.39. The SMILES string of the molecule is CCOc1cccc2c1O[C@@]1(C)[C@@H](C(=O)N(C)C)[C@H]2NC(=S)N1CCc1ccc(OC)c(OC)c1. The molecule has 1 fully saturated rings. The summed E-state index contributed by atoms with van der Waals surface area (Å²) in [4.78, 5) is 17.1. The normalized spacial score (nSPS) is 22.5. The van der Waals surface area contributed by atoms with Gasteiger partial charge in [-0.05, 0) is 56.2 Å². The van der Waals surface area contributed by atoms with Gasteiger partial charge in [-0.1, -0.05) is 18.2 Å². The minimum Gasteiger partial charge on any atom is -0.493 e. The second-order valence-electron chi connectivity index (χ2n) is 8.99. The van der Waals surface area contributed by atoms with Crippen molar-refractivity contribution in [1.82, 2.24) is 15.1 Å². The van der Waals surface area contributed by atoms with Gasteiger partial charge in [0.25, 0.3) is 0 Å². The summed E-state index contributed by atoms with van der Waals surface area (Å²) in [6, 6.07) is 11.3. The van der Waals surface area contributed by atoms with Crippen LogP contribution in [0.3, 0.4) is 0 Å². The maximum atomic E-state index is 13.5. The Labute approximate surface area is 212 Å².